The molecule has 44 heavy (non-hydrogen) atoms. The van der Waals surface area contributed by atoms with E-state index in [2.05, 4.69) is 0 Å². The third-order valence-electron chi connectivity index (χ3n) is 8.46. The number of carboxylic acid groups (broad SMARTS) is 1. The highest BCUT2D eigenvalue weighted by Crippen LogP contribution is 2.46. The van der Waals surface area contributed by atoms with Crippen LogP contribution in [0.2, 0.25) is 0 Å². The van der Waals surface area contributed by atoms with Crippen molar-refractivity contribution in [1.82, 2.24) is 4.90 Å². The number of imide groups is 1. The van der Waals surface area contributed by atoms with E-state index >= 15 is 0 Å². The summed E-state index contributed by atoms with van der Waals surface area (Å²) in [6, 6.07) is 13.2. The van der Waals surface area contributed by atoms with Crippen molar-refractivity contribution in [3.8, 4) is 11.5 Å². The van der Waals surface area contributed by atoms with Gasteiger partial charge in [0.2, 0.25) is 11.8 Å². The third kappa shape index (κ3) is 7.92. The Labute approximate surface area is 256 Å². The Morgan fingerprint density at radius 2 is 1.84 bits per heavy atom. The number of carboxylic acids is 1. The van der Waals surface area contributed by atoms with Crippen LogP contribution >= 0.6 is 0 Å². The molecule has 10 heteroatoms. The van der Waals surface area contributed by atoms with Gasteiger partial charge in [-0.15, -0.1) is 0 Å². The molecule has 9 nitrogen and oxygen atoms in total. The van der Waals surface area contributed by atoms with E-state index in [4.69, 9.17) is 9.84 Å². The number of benzene rings is 2. The van der Waals surface area contributed by atoms with Crippen LogP contribution in [-0.4, -0.2) is 69.0 Å². The highest BCUT2D eigenvalue weighted by molar-refractivity contribution is 6.05. The van der Waals surface area contributed by atoms with Crippen LogP contribution in [0.25, 0.3) is 6.08 Å². The van der Waals surface area contributed by atoms with Crippen LogP contribution in [0.15, 0.2) is 65.3 Å². The van der Waals surface area contributed by atoms with E-state index in [9.17, 15) is 34.1 Å². The van der Waals surface area contributed by atoms with Crippen LogP contribution < -0.4 is 4.74 Å². The van der Waals surface area contributed by atoms with Crippen LogP contribution in [-0.2, 0) is 14.4 Å². The number of aliphatic carboxylic acids is 1. The number of fused-ring (bicyclic) bond motifs is 1. The molecule has 2 aromatic rings. The molecule has 1 heterocycles. The predicted molar refractivity (Wildman–Crippen MR) is 161 cm³/mol. The number of halogens is 1. The molecular weight excluding hydrogens is 569 g/mol. The van der Waals surface area contributed by atoms with Gasteiger partial charge in [0.15, 0.2) is 11.6 Å². The van der Waals surface area contributed by atoms with E-state index in [1.165, 1.54) is 17.0 Å². The summed E-state index contributed by atoms with van der Waals surface area (Å²) < 4.78 is 19.8. The van der Waals surface area contributed by atoms with Crippen molar-refractivity contribution in [2.75, 3.05) is 19.8 Å². The fourth-order valence-corrected chi connectivity index (χ4v) is 6.28. The van der Waals surface area contributed by atoms with Crippen molar-refractivity contribution in [3.63, 3.8) is 0 Å². The Bertz CT molecular complexity index is 1410. The highest BCUT2D eigenvalue weighted by Gasteiger charge is 2.54. The van der Waals surface area contributed by atoms with E-state index < -0.39 is 48.0 Å². The van der Waals surface area contributed by atoms with Gasteiger partial charge in [0.1, 0.15) is 12.4 Å². The lowest BCUT2D eigenvalue weighted by Crippen LogP contribution is -2.40. The topological polar surface area (TPSA) is 145 Å². The number of ether oxygens (including phenoxy) is 1. The SMILES string of the molecule is C/C(=C\c1ccc(O)c(F)c1)CC[C@@H](O)C1=C(COc2ccccc2)C[C@H]2C(=O)N(CCCCCC(=O)O)C(=O)[C@H]2[C@H]1CO. The molecule has 2 amide bonds. The smallest absolute Gasteiger partial charge is 0.303 e. The number of hydrogen-bond donors (Lipinski definition) is 4. The molecule has 0 radical (unpaired) electrons. The average molecular weight is 610 g/mol. The molecule has 1 saturated heterocycles. The summed E-state index contributed by atoms with van der Waals surface area (Å²) in [7, 11) is 0. The monoisotopic (exact) mass is 609 g/mol. The van der Waals surface area contributed by atoms with Gasteiger partial charge in [0.25, 0.3) is 0 Å². The summed E-state index contributed by atoms with van der Waals surface area (Å²) in [5, 5.41) is 40.4. The van der Waals surface area contributed by atoms with Crippen LogP contribution in [0.4, 0.5) is 4.39 Å². The molecule has 4 atom stereocenters. The van der Waals surface area contributed by atoms with Crippen molar-refractivity contribution < 1.29 is 43.9 Å². The van der Waals surface area contributed by atoms with Crippen LogP contribution in [0, 0.1) is 23.6 Å². The highest BCUT2D eigenvalue weighted by atomic mass is 19.1. The largest absolute Gasteiger partial charge is 0.505 e. The van der Waals surface area contributed by atoms with Gasteiger partial charge in [-0.2, -0.15) is 0 Å². The van der Waals surface area contributed by atoms with Gasteiger partial charge >= 0.3 is 5.97 Å². The lowest BCUT2D eigenvalue weighted by molar-refractivity contribution is -0.141. The average Bonchev–Trinajstić information content (AvgIpc) is 3.24. The van der Waals surface area contributed by atoms with Crippen LogP contribution in [0.5, 0.6) is 11.5 Å². The number of rotatable bonds is 15. The summed E-state index contributed by atoms with van der Waals surface area (Å²) in [5.74, 6) is -4.42. The van der Waals surface area contributed by atoms with Crippen molar-refractivity contribution in [2.24, 2.45) is 17.8 Å². The minimum atomic E-state index is -1.03. The van der Waals surface area contributed by atoms with Gasteiger partial charge in [0, 0.05) is 18.9 Å². The minimum Gasteiger partial charge on any atom is -0.505 e. The maximum atomic E-state index is 13.8. The van der Waals surface area contributed by atoms with E-state index in [-0.39, 0.29) is 44.2 Å². The zero-order valence-electron chi connectivity index (χ0n) is 24.8. The Hall–Kier alpha value is -4.02. The Morgan fingerprint density at radius 1 is 1.09 bits per heavy atom. The first-order chi connectivity index (χ1) is 21.1. The second-order valence-corrected chi connectivity index (χ2v) is 11.6. The summed E-state index contributed by atoms with van der Waals surface area (Å²) in [4.78, 5) is 39.1. The fraction of sp³-hybridized carbons (Fsp3) is 0.441. The van der Waals surface area contributed by atoms with Gasteiger partial charge < -0.3 is 25.2 Å². The minimum absolute atomic E-state index is 0.0240. The molecule has 0 bridgehead atoms. The number of aromatic hydroxyl groups is 1. The number of nitrogens with zero attached hydrogens (tertiary/aromatic N) is 1. The molecule has 4 rings (SSSR count). The van der Waals surface area contributed by atoms with E-state index in [0.717, 1.165) is 5.57 Å². The predicted octanol–water partition coefficient (Wildman–Crippen LogP) is 4.71. The molecule has 0 unspecified atom stereocenters. The zero-order valence-corrected chi connectivity index (χ0v) is 24.8. The summed E-state index contributed by atoms with van der Waals surface area (Å²) in [6.45, 7) is 1.67. The van der Waals surface area contributed by atoms with E-state index in [0.29, 0.717) is 48.1 Å². The van der Waals surface area contributed by atoms with E-state index in [1.54, 1.807) is 24.3 Å². The molecule has 1 aliphatic carbocycles. The number of aliphatic hydroxyl groups excluding tert-OH is 2. The molecule has 0 aromatic heterocycles. The lowest BCUT2D eigenvalue weighted by atomic mass is 9.68. The number of phenolic OH excluding ortho intramolecular Hbond substituents is 1. The van der Waals surface area contributed by atoms with Crippen molar-refractivity contribution in [1.29, 1.82) is 0 Å². The maximum Gasteiger partial charge on any atom is 0.303 e. The second-order valence-electron chi connectivity index (χ2n) is 11.6. The first-order valence-corrected chi connectivity index (χ1v) is 15.0. The number of unbranched alkanes of at least 4 members (excludes halogenated alkanes) is 2. The number of carbonyl (C=O) groups is 3. The Balaban J connectivity index is 1.54. The summed E-state index contributed by atoms with van der Waals surface area (Å²) in [6.07, 6.45) is 3.15. The maximum absolute atomic E-state index is 13.8. The molecule has 2 aliphatic rings. The molecule has 236 valence electrons. The van der Waals surface area contributed by atoms with Gasteiger partial charge in [-0.3, -0.25) is 19.3 Å². The first-order valence-electron chi connectivity index (χ1n) is 15.0. The standard InChI is InChI=1S/C34H40FNO8/c1-21(16-22-12-14-28(38)27(35)17-22)11-13-29(39)31-23(20-44-24-8-4-2-5-9-24)18-25-32(26(31)19-37)34(43)36(33(25)42)15-7-3-6-10-30(40)41/h2,4-5,8-9,12,14,16-17,25-26,29,32,37-39H,3,6-7,10-11,13,15,18-20H2,1H3,(H,40,41)/b21-16+/t25-,26+,29-,32-/m1/s1. The van der Waals surface area contributed by atoms with Gasteiger partial charge in [0.05, 0.1) is 24.5 Å². The molecule has 1 aliphatic heterocycles. The van der Waals surface area contributed by atoms with Crippen LogP contribution in [0.1, 0.15) is 57.4 Å². The summed E-state index contributed by atoms with van der Waals surface area (Å²) in [5.41, 5.74) is 2.61. The van der Waals surface area contributed by atoms with Crippen molar-refractivity contribution in [2.45, 2.75) is 58.0 Å². The molecule has 1 fully saturated rings. The molecular formula is C34H40FNO8. The quantitative estimate of drug-likeness (QED) is 0.129. The second kappa shape index (κ2) is 15.1. The first kappa shape index (κ1) is 32.9. The number of carbonyl (C=O) groups excluding carboxylic acids is 2. The number of para-hydroxylation sites is 1. The fourth-order valence-electron chi connectivity index (χ4n) is 6.28. The third-order valence-corrected chi connectivity index (χ3v) is 8.46. The number of hydrogen-bond acceptors (Lipinski definition) is 7. The Kier molecular flexibility index (Phi) is 11.3. The van der Waals surface area contributed by atoms with Crippen molar-refractivity contribution in [3.05, 3.63) is 76.6 Å². The van der Waals surface area contributed by atoms with E-state index in [1.807, 2.05) is 25.1 Å². The Morgan fingerprint density at radius 3 is 2.52 bits per heavy atom. The van der Waals surface area contributed by atoms with Crippen LogP contribution in [0.3, 0.4) is 0 Å². The number of amides is 2. The molecule has 4 N–H and O–H groups in total. The van der Waals surface area contributed by atoms with Crippen molar-refractivity contribution >= 4 is 23.9 Å². The number of aliphatic hydroxyl groups is 2. The molecule has 2 aromatic carbocycles. The number of phenols is 1. The normalized spacial score (nSPS) is 21.0. The summed E-state index contributed by atoms with van der Waals surface area (Å²) >= 11 is 0. The van der Waals surface area contributed by atoms with Gasteiger partial charge in [-0.25, -0.2) is 4.39 Å². The number of allylic oxidation sites excluding steroid dienone is 1. The number of likely N-dealkylation sites (tertiary alicyclic amines) is 1. The van der Waals surface area contributed by atoms with Gasteiger partial charge in [-0.1, -0.05) is 42.3 Å². The molecule has 0 spiro atoms. The molecule has 0 saturated carbocycles. The lowest BCUT2D eigenvalue weighted by Gasteiger charge is -2.36. The van der Waals surface area contributed by atoms with Gasteiger partial charge in [-0.05, 0) is 80.0 Å². The zero-order chi connectivity index (χ0) is 31.8.